The van der Waals surface area contributed by atoms with Crippen molar-refractivity contribution in [3.63, 3.8) is 0 Å². The summed E-state index contributed by atoms with van der Waals surface area (Å²) in [7, 11) is -1.24. The molecule has 2 amide bonds. The van der Waals surface area contributed by atoms with Gasteiger partial charge in [-0.25, -0.2) is 8.70 Å². The Hall–Kier alpha value is -2.98. The molecule has 0 bridgehead atoms. The van der Waals surface area contributed by atoms with Gasteiger partial charge in [-0.2, -0.15) is 12.7 Å². The van der Waals surface area contributed by atoms with Crippen LogP contribution in [-0.2, 0) is 26.3 Å². The van der Waals surface area contributed by atoms with Crippen molar-refractivity contribution < 1.29 is 22.4 Å². The average molecular weight is 493 g/mol. The van der Waals surface area contributed by atoms with Crippen LogP contribution in [0.15, 0.2) is 54.6 Å². The first-order valence-electron chi connectivity index (χ1n) is 10.8. The van der Waals surface area contributed by atoms with Crippen LogP contribution in [-0.4, -0.2) is 61.7 Å². The highest BCUT2D eigenvalue weighted by molar-refractivity contribution is 7.90. The summed E-state index contributed by atoms with van der Waals surface area (Å²) in [5.74, 6) is -1.38. The van der Waals surface area contributed by atoms with E-state index in [9.17, 15) is 22.4 Å². The maximum atomic E-state index is 13.5. The van der Waals surface area contributed by atoms with Crippen LogP contribution in [0.5, 0.6) is 0 Å². The summed E-state index contributed by atoms with van der Waals surface area (Å²) in [6.07, 6.45) is 0. The number of benzene rings is 2. The van der Waals surface area contributed by atoms with Crippen LogP contribution in [0.25, 0.3) is 0 Å². The minimum atomic E-state index is -4.00. The molecule has 186 valence electrons. The van der Waals surface area contributed by atoms with Gasteiger partial charge in [-0.1, -0.05) is 30.3 Å². The summed E-state index contributed by atoms with van der Waals surface area (Å²) < 4.78 is 41.5. The molecule has 2 aromatic carbocycles. The van der Waals surface area contributed by atoms with Crippen molar-refractivity contribution >= 4 is 27.7 Å². The second-order valence-corrected chi connectivity index (χ2v) is 11.3. The molecule has 34 heavy (non-hydrogen) atoms. The van der Waals surface area contributed by atoms with Crippen molar-refractivity contribution in [1.82, 2.24) is 14.5 Å². The molecule has 10 heteroatoms. The number of para-hydroxylation sites is 1. The lowest BCUT2D eigenvalue weighted by atomic mass is 10.1. The normalized spacial score (nSPS) is 12.8. The van der Waals surface area contributed by atoms with Gasteiger partial charge in [0.05, 0.1) is 5.69 Å². The third kappa shape index (κ3) is 7.26. The number of hydrogen-bond donors (Lipinski definition) is 1. The largest absolute Gasteiger partial charge is 0.350 e. The fourth-order valence-corrected chi connectivity index (χ4v) is 4.21. The number of hydrogen-bond acceptors (Lipinski definition) is 4. The standard InChI is InChI=1S/C24H33FN4O4S/c1-18(23(31)26-24(2,3)4)28(16-19-12-14-20(25)15-13-19)22(30)17-29(34(32,33)27(5)6)21-10-8-7-9-11-21/h7-15,18H,16-17H2,1-6H3,(H,26,31)/t18-/m1/s1. The van der Waals surface area contributed by atoms with Crippen LogP contribution in [0.1, 0.15) is 33.3 Å². The van der Waals surface area contributed by atoms with Crippen LogP contribution < -0.4 is 9.62 Å². The zero-order chi connectivity index (χ0) is 25.7. The van der Waals surface area contributed by atoms with Crippen molar-refractivity contribution in [2.24, 2.45) is 0 Å². The number of nitrogens with one attached hydrogen (secondary N) is 1. The maximum absolute atomic E-state index is 13.5. The first-order chi connectivity index (χ1) is 15.7. The van der Waals surface area contributed by atoms with Gasteiger partial charge in [0.15, 0.2) is 0 Å². The van der Waals surface area contributed by atoms with Crippen molar-refractivity contribution in [2.45, 2.75) is 45.8 Å². The lowest BCUT2D eigenvalue weighted by Gasteiger charge is -2.34. The molecule has 0 saturated heterocycles. The molecule has 0 aliphatic carbocycles. The molecule has 0 aliphatic rings. The Morgan fingerprint density at radius 2 is 1.56 bits per heavy atom. The monoisotopic (exact) mass is 492 g/mol. The van der Waals surface area contributed by atoms with Crippen LogP contribution in [0.3, 0.4) is 0 Å². The second kappa shape index (κ2) is 11.0. The van der Waals surface area contributed by atoms with Crippen molar-refractivity contribution in [3.05, 3.63) is 66.0 Å². The second-order valence-electron chi connectivity index (χ2n) is 9.20. The van der Waals surface area contributed by atoms with E-state index in [2.05, 4.69) is 5.32 Å². The first-order valence-corrected chi connectivity index (χ1v) is 12.2. The number of carbonyl (C=O) groups excluding carboxylic acids is 2. The van der Waals surface area contributed by atoms with Gasteiger partial charge in [-0.15, -0.1) is 0 Å². The number of nitrogens with zero attached hydrogens (tertiary/aromatic N) is 3. The summed E-state index contributed by atoms with van der Waals surface area (Å²) in [4.78, 5) is 27.7. The number of halogens is 1. The van der Waals surface area contributed by atoms with Gasteiger partial charge in [0, 0.05) is 26.2 Å². The quantitative estimate of drug-likeness (QED) is 0.583. The highest BCUT2D eigenvalue weighted by Crippen LogP contribution is 2.20. The van der Waals surface area contributed by atoms with E-state index in [-0.39, 0.29) is 12.5 Å². The Morgan fingerprint density at radius 1 is 1.00 bits per heavy atom. The molecule has 0 aromatic heterocycles. The summed E-state index contributed by atoms with van der Waals surface area (Å²) in [6, 6.07) is 13.0. The molecule has 0 radical (unpaired) electrons. The van der Waals surface area contributed by atoms with E-state index in [0.29, 0.717) is 11.3 Å². The predicted octanol–water partition coefficient (Wildman–Crippen LogP) is 2.77. The summed E-state index contributed by atoms with van der Waals surface area (Å²) in [5, 5.41) is 2.85. The SMILES string of the molecule is C[C@H](C(=O)NC(C)(C)C)N(Cc1ccc(F)cc1)C(=O)CN(c1ccccc1)S(=O)(=O)N(C)C. The molecule has 1 N–H and O–H groups in total. The Balaban J connectivity index is 2.43. The molecule has 0 saturated carbocycles. The number of anilines is 1. The van der Waals surface area contributed by atoms with Gasteiger partial charge < -0.3 is 10.2 Å². The summed E-state index contributed by atoms with van der Waals surface area (Å²) in [5.41, 5.74) is 0.394. The van der Waals surface area contributed by atoms with E-state index in [1.54, 1.807) is 37.3 Å². The Morgan fingerprint density at radius 3 is 2.06 bits per heavy atom. The topological polar surface area (TPSA) is 90.0 Å². The van der Waals surface area contributed by atoms with Crippen LogP contribution in [0.2, 0.25) is 0 Å². The van der Waals surface area contributed by atoms with Crippen molar-refractivity contribution in [3.8, 4) is 0 Å². The number of rotatable bonds is 9. The van der Waals surface area contributed by atoms with Crippen LogP contribution in [0.4, 0.5) is 10.1 Å². The molecule has 1 atom stereocenters. The Kier molecular flexibility index (Phi) is 8.79. The maximum Gasteiger partial charge on any atom is 0.304 e. The molecule has 8 nitrogen and oxygen atoms in total. The Labute approximate surface area is 201 Å². The minimum Gasteiger partial charge on any atom is -0.350 e. The minimum absolute atomic E-state index is 0.00246. The first kappa shape index (κ1) is 27.3. The number of carbonyl (C=O) groups is 2. The van der Waals surface area contributed by atoms with Gasteiger partial charge in [0.25, 0.3) is 0 Å². The van der Waals surface area contributed by atoms with E-state index >= 15 is 0 Å². The molecule has 0 heterocycles. The predicted molar refractivity (Wildman–Crippen MR) is 131 cm³/mol. The third-order valence-electron chi connectivity index (χ3n) is 4.99. The van der Waals surface area contributed by atoms with Crippen molar-refractivity contribution in [1.29, 1.82) is 0 Å². The molecule has 2 rings (SSSR count). The van der Waals surface area contributed by atoms with Crippen LogP contribution in [0, 0.1) is 5.82 Å². The van der Waals surface area contributed by atoms with E-state index < -0.39 is 40.1 Å². The third-order valence-corrected chi connectivity index (χ3v) is 6.81. The smallest absolute Gasteiger partial charge is 0.304 e. The van der Waals surface area contributed by atoms with Gasteiger partial charge in [0.2, 0.25) is 11.8 Å². The van der Waals surface area contributed by atoms with E-state index in [1.165, 1.54) is 43.3 Å². The molecule has 0 aliphatic heterocycles. The van der Waals surface area contributed by atoms with Gasteiger partial charge >= 0.3 is 10.2 Å². The van der Waals surface area contributed by atoms with Gasteiger partial charge in [-0.3, -0.25) is 9.59 Å². The molecule has 0 fully saturated rings. The molecule has 0 spiro atoms. The van der Waals surface area contributed by atoms with E-state index in [1.807, 2.05) is 20.8 Å². The fraction of sp³-hybridized carbons (Fsp3) is 0.417. The Bertz CT molecular complexity index is 1080. The zero-order valence-electron chi connectivity index (χ0n) is 20.4. The molecule has 0 unspecified atom stereocenters. The van der Waals surface area contributed by atoms with Gasteiger partial charge in [0.1, 0.15) is 18.4 Å². The molecular formula is C24H33FN4O4S. The summed E-state index contributed by atoms with van der Waals surface area (Å²) in [6.45, 7) is 6.54. The summed E-state index contributed by atoms with van der Waals surface area (Å²) >= 11 is 0. The lowest BCUT2D eigenvalue weighted by molar-refractivity contribution is -0.140. The number of amides is 2. The van der Waals surface area contributed by atoms with Crippen LogP contribution >= 0.6 is 0 Å². The lowest BCUT2D eigenvalue weighted by Crippen LogP contribution is -2.54. The zero-order valence-corrected chi connectivity index (χ0v) is 21.3. The average Bonchev–Trinajstić information content (AvgIpc) is 2.75. The highest BCUT2D eigenvalue weighted by atomic mass is 32.2. The molecule has 2 aromatic rings. The highest BCUT2D eigenvalue weighted by Gasteiger charge is 2.33. The molecular weight excluding hydrogens is 459 g/mol. The van der Waals surface area contributed by atoms with E-state index in [0.717, 1.165) is 8.61 Å². The van der Waals surface area contributed by atoms with Crippen molar-refractivity contribution in [2.75, 3.05) is 24.9 Å². The fourth-order valence-electron chi connectivity index (χ4n) is 3.15. The van der Waals surface area contributed by atoms with Gasteiger partial charge in [-0.05, 0) is 57.5 Å². The van der Waals surface area contributed by atoms with E-state index in [4.69, 9.17) is 0 Å².